The molecule has 0 amide bonds. The van der Waals surface area contributed by atoms with Gasteiger partial charge in [-0.15, -0.1) is 0 Å². The highest BCUT2D eigenvalue weighted by Gasteiger charge is 2.22. The SMILES string of the molecule is CNc1cc(NCC2CCC(C)C2)nc(C(C)(C)C)n1. The molecule has 2 N–H and O–H groups in total. The van der Waals surface area contributed by atoms with Gasteiger partial charge in [-0.3, -0.25) is 0 Å². The average molecular weight is 276 g/mol. The van der Waals surface area contributed by atoms with Gasteiger partial charge < -0.3 is 10.6 Å². The molecule has 2 atom stereocenters. The van der Waals surface area contributed by atoms with Gasteiger partial charge in [0.2, 0.25) is 0 Å². The fraction of sp³-hybridized carbons (Fsp3) is 0.750. The first-order chi connectivity index (χ1) is 9.38. The quantitative estimate of drug-likeness (QED) is 0.881. The van der Waals surface area contributed by atoms with Crippen LogP contribution in [0.5, 0.6) is 0 Å². The average Bonchev–Trinajstić information content (AvgIpc) is 2.81. The summed E-state index contributed by atoms with van der Waals surface area (Å²) in [6, 6.07) is 1.99. The molecular weight excluding hydrogens is 248 g/mol. The van der Waals surface area contributed by atoms with Crippen molar-refractivity contribution in [3.63, 3.8) is 0 Å². The van der Waals surface area contributed by atoms with E-state index in [2.05, 4.69) is 48.3 Å². The summed E-state index contributed by atoms with van der Waals surface area (Å²) >= 11 is 0. The zero-order valence-corrected chi connectivity index (χ0v) is 13.5. The number of rotatable bonds is 4. The Morgan fingerprint density at radius 3 is 2.45 bits per heavy atom. The Balaban J connectivity index is 2.07. The van der Waals surface area contributed by atoms with Gasteiger partial charge in [0.25, 0.3) is 0 Å². The van der Waals surface area contributed by atoms with Gasteiger partial charge in [-0.2, -0.15) is 0 Å². The van der Waals surface area contributed by atoms with Crippen LogP contribution in [0.15, 0.2) is 6.07 Å². The number of aromatic nitrogens is 2. The Labute approximate surface area is 122 Å². The van der Waals surface area contributed by atoms with Gasteiger partial charge in [0.05, 0.1) is 0 Å². The highest BCUT2D eigenvalue weighted by atomic mass is 15.1. The highest BCUT2D eigenvalue weighted by Crippen LogP contribution is 2.30. The molecule has 4 heteroatoms. The molecule has 0 aliphatic heterocycles. The summed E-state index contributed by atoms with van der Waals surface area (Å²) in [4.78, 5) is 9.22. The Hall–Kier alpha value is -1.32. The lowest BCUT2D eigenvalue weighted by molar-refractivity contribution is 0.532. The Morgan fingerprint density at radius 1 is 1.20 bits per heavy atom. The molecule has 1 fully saturated rings. The fourth-order valence-corrected chi connectivity index (χ4v) is 2.76. The summed E-state index contributed by atoms with van der Waals surface area (Å²) < 4.78 is 0. The van der Waals surface area contributed by atoms with E-state index in [1.807, 2.05) is 13.1 Å². The van der Waals surface area contributed by atoms with Crippen molar-refractivity contribution in [2.45, 2.75) is 52.4 Å². The van der Waals surface area contributed by atoms with Gasteiger partial charge in [0.15, 0.2) is 0 Å². The van der Waals surface area contributed by atoms with E-state index in [1.165, 1.54) is 19.3 Å². The molecule has 2 rings (SSSR count). The Bertz CT molecular complexity index is 450. The third kappa shape index (κ3) is 3.84. The summed E-state index contributed by atoms with van der Waals surface area (Å²) in [5.74, 6) is 4.37. The normalized spacial score (nSPS) is 22.9. The van der Waals surface area contributed by atoms with Crippen molar-refractivity contribution in [3.05, 3.63) is 11.9 Å². The minimum atomic E-state index is -0.0365. The molecule has 2 unspecified atom stereocenters. The first-order valence-electron chi connectivity index (χ1n) is 7.69. The maximum Gasteiger partial charge on any atom is 0.138 e. The van der Waals surface area contributed by atoms with Gasteiger partial charge in [0, 0.05) is 25.1 Å². The molecule has 112 valence electrons. The van der Waals surface area contributed by atoms with Crippen LogP contribution in [0.1, 0.15) is 52.8 Å². The lowest BCUT2D eigenvalue weighted by Gasteiger charge is -2.19. The fourth-order valence-electron chi connectivity index (χ4n) is 2.76. The van der Waals surface area contributed by atoms with Crippen molar-refractivity contribution in [3.8, 4) is 0 Å². The molecule has 1 heterocycles. The van der Waals surface area contributed by atoms with E-state index in [0.717, 1.165) is 35.8 Å². The Morgan fingerprint density at radius 2 is 1.90 bits per heavy atom. The van der Waals surface area contributed by atoms with Crippen molar-refractivity contribution in [2.24, 2.45) is 11.8 Å². The first-order valence-corrected chi connectivity index (χ1v) is 7.69. The van der Waals surface area contributed by atoms with Crippen LogP contribution in [0.4, 0.5) is 11.6 Å². The predicted molar refractivity (Wildman–Crippen MR) is 85.3 cm³/mol. The van der Waals surface area contributed by atoms with E-state index in [1.54, 1.807) is 0 Å². The van der Waals surface area contributed by atoms with Crippen LogP contribution < -0.4 is 10.6 Å². The number of anilines is 2. The lowest BCUT2D eigenvalue weighted by atomic mass is 9.96. The molecule has 1 aromatic rings. The van der Waals surface area contributed by atoms with Crippen molar-refractivity contribution in [2.75, 3.05) is 24.2 Å². The zero-order valence-electron chi connectivity index (χ0n) is 13.5. The smallest absolute Gasteiger partial charge is 0.138 e. The molecule has 1 aliphatic rings. The number of hydrogen-bond donors (Lipinski definition) is 2. The standard InChI is InChI=1S/C16H28N4/c1-11-6-7-12(8-11)10-18-14-9-13(17-5)19-15(20-14)16(2,3)4/h9,11-12H,6-8,10H2,1-5H3,(H2,17,18,19,20). The second kappa shape index (κ2) is 5.98. The Kier molecular flexibility index (Phi) is 4.51. The maximum atomic E-state index is 4.67. The minimum Gasteiger partial charge on any atom is -0.373 e. The highest BCUT2D eigenvalue weighted by molar-refractivity contribution is 5.47. The van der Waals surface area contributed by atoms with Crippen LogP contribution in [0, 0.1) is 11.8 Å². The molecule has 1 aromatic heterocycles. The second-order valence-electron chi connectivity index (χ2n) is 7.13. The van der Waals surface area contributed by atoms with Gasteiger partial charge in [-0.1, -0.05) is 34.1 Å². The van der Waals surface area contributed by atoms with Crippen LogP contribution in [-0.4, -0.2) is 23.6 Å². The van der Waals surface area contributed by atoms with Crippen LogP contribution in [0.2, 0.25) is 0 Å². The van der Waals surface area contributed by atoms with Crippen molar-refractivity contribution >= 4 is 11.6 Å². The number of hydrogen-bond acceptors (Lipinski definition) is 4. The summed E-state index contributed by atoms with van der Waals surface area (Å²) in [5.41, 5.74) is -0.0365. The molecule has 0 saturated heterocycles. The van der Waals surface area contributed by atoms with E-state index in [0.29, 0.717) is 0 Å². The first kappa shape index (κ1) is 15.1. The van der Waals surface area contributed by atoms with Gasteiger partial charge in [-0.05, 0) is 24.7 Å². The maximum absolute atomic E-state index is 4.67. The molecule has 1 saturated carbocycles. The molecule has 20 heavy (non-hydrogen) atoms. The molecular formula is C16H28N4. The van der Waals surface area contributed by atoms with E-state index < -0.39 is 0 Å². The van der Waals surface area contributed by atoms with Crippen molar-refractivity contribution < 1.29 is 0 Å². The van der Waals surface area contributed by atoms with E-state index >= 15 is 0 Å². The molecule has 0 aromatic carbocycles. The molecule has 1 aliphatic carbocycles. The molecule has 0 radical (unpaired) electrons. The second-order valence-corrected chi connectivity index (χ2v) is 7.13. The number of nitrogens with one attached hydrogen (secondary N) is 2. The van der Waals surface area contributed by atoms with Crippen LogP contribution in [0.25, 0.3) is 0 Å². The predicted octanol–water partition coefficient (Wildman–Crippen LogP) is 3.66. The lowest BCUT2D eigenvalue weighted by Crippen LogP contribution is -2.19. The van der Waals surface area contributed by atoms with Crippen molar-refractivity contribution in [1.29, 1.82) is 0 Å². The van der Waals surface area contributed by atoms with E-state index in [9.17, 15) is 0 Å². The van der Waals surface area contributed by atoms with Crippen LogP contribution in [-0.2, 0) is 5.41 Å². The summed E-state index contributed by atoms with van der Waals surface area (Å²) in [7, 11) is 1.90. The van der Waals surface area contributed by atoms with Gasteiger partial charge in [0.1, 0.15) is 17.5 Å². The largest absolute Gasteiger partial charge is 0.373 e. The number of nitrogens with zero attached hydrogens (tertiary/aromatic N) is 2. The summed E-state index contributed by atoms with van der Waals surface area (Å²) in [6.07, 6.45) is 4.04. The minimum absolute atomic E-state index is 0.0365. The molecule has 0 spiro atoms. The van der Waals surface area contributed by atoms with Gasteiger partial charge in [-0.25, -0.2) is 9.97 Å². The van der Waals surface area contributed by atoms with E-state index in [4.69, 9.17) is 0 Å². The third-order valence-electron chi connectivity index (χ3n) is 4.03. The van der Waals surface area contributed by atoms with E-state index in [-0.39, 0.29) is 5.41 Å². The van der Waals surface area contributed by atoms with Crippen LogP contribution >= 0.6 is 0 Å². The summed E-state index contributed by atoms with van der Waals surface area (Å²) in [6.45, 7) is 9.80. The topological polar surface area (TPSA) is 49.8 Å². The van der Waals surface area contributed by atoms with Crippen LogP contribution in [0.3, 0.4) is 0 Å². The van der Waals surface area contributed by atoms with Crippen molar-refractivity contribution in [1.82, 2.24) is 9.97 Å². The monoisotopic (exact) mass is 276 g/mol. The van der Waals surface area contributed by atoms with Gasteiger partial charge >= 0.3 is 0 Å². The zero-order chi connectivity index (χ0) is 14.8. The summed E-state index contributed by atoms with van der Waals surface area (Å²) in [5, 5.41) is 6.63. The molecule has 4 nitrogen and oxygen atoms in total. The third-order valence-corrected chi connectivity index (χ3v) is 4.03. The molecule has 0 bridgehead atoms.